The van der Waals surface area contributed by atoms with Crippen LogP contribution in [0, 0.1) is 6.92 Å². The molecule has 21 heavy (non-hydrogen) atoms. The molecule has 0 aliphatic rings. The van der Waals surface area contributed by atoms with E-state index in [4.69, 9.17) is 4.74 Å². The smallest absolute Gasteiger partial charge is 0.244 e. The molecule has 1 aromatic rings. The average molecular weight is 290 g/mol. The van der Waals surface area contributed by atoms with Crippen molar-refractivity contribution >= 4 is 17.9 Å². The molecule has 2 N–H and O–H groups in total. The quantitative estimate of drug-likeness (QED) is 0.783. The van der Waals surface area contributed by atoms with Gasteiger partial charge >= 0.3 is 0 Å². The Bertz CT molecular complexity index is 538. The minimum atomic E-state index is -0.568. The lowest BCUT2D eigenvalue weighted by atomic mass is 10.1. The number of carbonyl (C=O) groups excluding carboxylic acids is 2. The molecule has 0 spiro atoms. The monoisotopic (exact) mass is 290 g/mol. The molecule has 0 bridgehead atoms. The van der Waals surface area contributed by atoms with Crippen LogP contribution >= 0.6 is 0 Å². The Morgan fingerprint density at radius 3 is 2.71 bits per heavy atom. The summed E-state index contributed by atoms with van der Waals surface area (Å²) in [5.74, 6) is 0.172. The van der Waals surface area contributed by atoms with E-state index in [2.05, 4.69) is 10.6 Å². The first-order chi connectivity index (χ1) is 9.97. The number of benzene rings is 1. The average Bonchev–Trinajstić information content (AvgIpc) is 2.45. The van der Waals surface area contributed by atoms with Gasteiger partial charge in [0.05, 0.1) is 7.11 Å². The lowest BCUT2D eigenvalue weighted by molar-refractivity contribution is -0.126. The van der Waals surface area contributed by atoms with Crippen LogP contribution in [0.2, 0.25) is 0 Å². The molecule has 1 rings (SSSR count). The third-order valence-corrected chi connectivity index (χ3v) is 2.90. The molecule has 0 fully saturated rings. The van der Waals surface area contributed by atoms with Crippen molar-refractivity contribution in [2.75, 3.05) is 13.7 Å². The van der Waals surface area contributed by atoms with Crippen molar-refractivity contribution in [3.63, 3.8) is 0 Å². The van der Waals surface area contributed by atoms with Gasteiger partial charge in [-0.15, -0.1) is 0 Å². The van der Waals surface area contributed by atoms with E-state index in [1.165, 1.54) is 6.08 Å². The maximum Gasteiger partial charge on any atom is 0.244 e. The third kappa shape index (κ3) is 5.30. The maximum absolute atomic E-state index is 11.8. The standard InChI is InChI=1S/C16H22N2O3/c1-5-17-16(20)12(3)18-15(19)9-7-13-10-11(2)6-8-14(13)21-4/h6-10,12H,5H2,1-4H3,(H,17,20)(H,18,19)/b9-7+/t12-/m1/s1. The van der Waals surface area contributed by atoms with E-state index in [0.29, 0.717) is 12.3 Å². The molecule has 1 aromatic carbocycles. The Morgan fingerprint density at radius 1 is 1.38 bits per heavy atom. The van der Waals surface area contributed by atoms with Crippen LogP contribution in [0.15, 0.2) is 24.3 Å². The minimum Gasteiger partial charge on any atom is -0.496 e. The highest BCUT2D eigenvalue weighted by Gasteiger charge is 2.12. The summed E-state index contributed by atoms with van der Waals surface area (Å²) in [5.41, 5.74) is 1.89. The van der Waals surface area contributed by atoms with Crippen LogP contribution in [0.5, 0.6) is 5.75 Å². The van der Waals surface area contributed by atoms with Crippen LogP contribution in [-0.4, -0.2) is 31.5 Å². The van der Waals surface area contributed by atoms with Crippen molar-refractivity contribution in [2.45, 2.75) is 26.8 Å². The van der Waals surface area contributed by atoms with Gasteiger partial charge < -0.3 is 15.4 Å². The lowest BCUT2D eigenvalue weighted by Gasteiger charge is -2.11. The SMILES string of the molecule is CCNC(=O)[C@@H](C)NC(=O)/C=C/c1cc(C)ccc1OC. The highest BCUT2D eigenvalue weighted by atomic mass is 16.5. The summed E-state index contributed by atoms with van der Waals surface area (Å²) >= 11 is 0. The highest BCUT2D eigenvalue weighted by Crippen LogP contribution is 2.20. The predicted molar refractivity (Wildman–Crippen MR) is 83.1 cm³/mol. The number of ether oxygens (including phenoxy) is 1. The van der Waals surface area contributed by atoms with Gasteiger partial charge in [0.25, 0.3) is 0 Å². The predicted octanol–water partition coefficient (Wildman–Crippen LogP) is 1.66. The Labute approximate surface area is 125 Å². The summed E-state index contributed by atoms with van der Waals surface area (Å²) in [6, 6.07) is 5.15. The second-order valence-corrected chi connectivity index (χ2v) is 4.70. The van der Waals surface area contributed by atoms with Crippen LogP contribution in [-0.2, 0) is 9.59 Å². The molecule has 0 aliphatic heterocycles. The number of hydrogen-bond donors (Lipinski definition) is 2. The van der Waals surface area contributed by atoms with Crippen LogP contribution in [0.3, 0.4) is 0 Å². The van der Waals surface area contributed by atoms with E-state index in [1.807, 2.05) is 32.0 Å². The number of hydrogen-bond acceptors (Lipinski definition) is 3. The largest absolute Gasteiger partial charge is 0.496 e. The fraction of sp³-hybridized carbons (Fsp3) is 0.375. The van der Waals surface area contributed by atoms with E-state index < -0.39 is 6.04 Å². The molecule has 0 aromatic heterocycles. The van der Waals surface area contributed by atoms with Crippen LogP contribution in [0.25, 0.3) is 6.08 Å². The third-order valence-electron chi connectivity index (χ3n) is 2.90. The second-order valence-electron chi connectivity index (χ2n) is 4.70. The fourth-order valence-electron chi connectivity index (χ4n) is 1.80. The first-order valence-corrected chi connectivity index (χ1v) is 6.88. The number of nitrogens with one attached hydrogen (secondary N) is 2. The van der Waals surface area contributed by atoms with Crippen molar-refractivity contribution in [3.05, 3.63) is 35.4 Å². The van der Waals surface area contributed by atoms with Crippen LogP contribution < -0.4 is 15.4 Å². The molecule has 5 nitrogen and oxygen atoms in total. The van der Waals surface area contributed by atoms with E-state index in [1.54, 1.807) is 20.1 Å². The van der Waals surface area contributed by atoms with E-state index in [9.17, 15) is 9.59 Å². The number of carbonyl (C=O) groups is 2. The highest BCUT2D eigenvalue weighted by molar-refractivity contribution is 5.95. The van der Waals surface area contributed by atoms with Gasteiger partial charge in [0.2, 0.25) is 11.8 Å². The molecule has 0 saturated carbocycles. The molecule has 2 amide bonds. The van der Waals surface area contributed by atoms with E-state index in [-0.39, 0.29) is 11.8 Å². The van der Waals surface area contributed by atoms with Gasteiger partial charge in [-0.05, 0) is 39.0 Å². The summed E-state index contributed by atoms with van der Waals surface area (Å²) in [7, 11) is 1.58. The molecular weight excluding hydrogens is 268 g/mol. The van der Waals surface area contributed by atoms with Crippen molar-refractivity contribution in [1.29, 1.82) is 0 Å². The second kappa shape index (κ2) is 8.09. The van der Waals surface area contributed by atoms with E-state index in [0.717, 1.165) is 11.1 Å². The molecule has 5 heteroatoms. The van der Waals surface area contributed by atoms with Gasteiger partial charge in [0.1, 0.15) is 11.8 Å². The minimum absolute atomic E-state index is 0.201. The van der Waals surface area contributed by atoms with Crippen molar-refractivity contribution < 1.29 is 14.3 Å². The zero-order valence-corrected chi connectivity index (χ0v) is 12.9. The normalized spacial score (nSPS) is 12.0. The zero-order chi connectivity index (χ0) is 15.8. The number of amides is 2. The zero-order valence-electron chi connectivity index (χ0n) is 12.9. The topological polar surface area (TPSA) is 67.4 Å². The maximum atomic E-state index is 11.8. The number of aryl methyl sites for hydroxylation is 1. The van der Waals surface area contributed by atoms with Gasteiger partial charge in [-0.1, -0.05) is 11.6 Å². The first-order valence-electron chi connectivity index (χ1n) is 6.88. The Balaban J connectivity index is 2.70. The van der Waals surface area contributed by atoms with Gasteiger partial charge in [-0.3, -0.25) is 9.59 Å². The number of methoxy groups -OCH3 is 1. The summed E-state index contributed by atoms with van der Waals surface area (Å²) in [5, 5.41) is 5.26. The number of rotatable bonds is 6. The Morgan fingerprint density at radius 2 is 2.10 bits per heavy atom. The van der Waals surface area contributed by atoms with Gasteiger partial charge in [0, 0.05) is 18.2 Å². The summed E-state index contributed by atoms with van der Waals surface area (Å²) in [4.78, 5) is 23.3. The van der Waals surface area contributed by atoms with Crippen LogP contribution in [0.4, 0.5) is 0 Å². The van der Waals surface area contributed by atoms with Gasteiger partial charge in [-0.2, -0.15) is 0 Å². The molecule has 0 saturated heterocycles. The fourth-order valence-corrected chi connectivity index (χ4v) is 1.80. The molecule has 0 heterocycles. The molecule has 114 valence electrons. The Kier molecular flexibility index (Phi) is 6.46. The summed E-state index contributed by atoms with van der Waals surface area (Å²) in [6.45, 7) is 5.98. The molecule has 0 radical (unpaired) electrons. The lowest BCUT2D eigenvalue weighted by Crippen LogP contribution is -2.44. The summed E-state index contributed by atoms with van der Waals surface area (Å²) in [6.07, 6.45) is 3.07. The van der Waals surface area contributed by atoms with Crippen molar-refractivity contribution in [3.8, 4) is 5.75 Å². The van der Waals surface area contributed by atoms with Crippen LogP contribution in [0.1, 0.15) is 25.0 Å². The first kappa shape index (κ1) is 16.8. The molecule has 0 unspecified atom stereocenters. The summed E-state index contributed by atoms with van der Waals surface area (Å²) < 4.78 is 5.24. The van der Waals surface area contributed by atoms with Gasteiger partial charge in [0.15, 0.2) is 0 Å². The molecule has 1 atom stereocenters. The molecular formula is C16H22N2O3. The van der Waals surface area contributed by atoms with Crippen molar-refractivity contribution in [2.24, 2.45) is 0 Å². The Hall–Kier alpha value is -2.30. The molecule has 0 aliphatic carbocycles. The van der Waals surface area contributed by atoms with E-state index >= 15 is 0 Å². The van der Waals surface area contributed by atoms with Crippen molar-refractivity contribution in [1.82, 2.24) is 10.6 Å². The number of likely N-dealkylation sites (N-methyl/N-ethyl adjacent to an activating group) is 1. The van der Waals surface area contributed by atoms with Gasteiger partial charge in [-0.25, -0.2) is 0 Å².